The molecule has 0 bridgehead atoms. The molecule has 0 saturated carbocycles. The second kappa shape index (κ2) is 20.0. The fourth-order valence-electron chi connectivity index (χ4n) is 8.36. The van der Waals surface area contributed by atoms with Crippen LogP contribution in [0.1, 0.15) is 102 Å². The Bertz CT molecular complexity index is 2350. The Morgan fingerprint density at radius 2 is 1.57 bits per heavy atom. The van der Waals surface area contributed by atoms with E-state index in [4.69, 9.17) is 0 Å². The maximum absolute atomic E-state index is 13.9. The minimum Gasteiger partial charge on any atom is -0.383 e. The lowest BCUT2D eigenvalue weighted by Crippen LogP contribution is -2.54. The number of anilines is 3. The van der Waals surface area contributed by atoms with Crippen LogP contribution in [0.3, 0.4) is 0 Å². The fraction of sp³-hybridized carbons (Fsp3) is 0.422. The third kappa shape index (κ3) is 10.5. The Balaban J connectivity index is 0.716. The number of piperidine rings is 1. The Morgan fingerprint density at radius 3 is 2.33 bits per heavy atom. The summed E-state index contributed by atoms with van der Waals surface area (Å²) in [5, 5.41) is 13.8. The first-order valence-electron chi connectivity index (χ1n) is 21.5. The zero-order chi connectivity index (χ0) is 44.6. The Labute approximate surface area is 363 Å². The number of imide groups is 2. The van der Waals surface area contributed by atoms with E-state index in [0.717, 1.165) is 49.0 Å². The molecule has 18 heteroatoms. The largest absolute Gasteiger partial charge is 0.383 e. The molecule has 1 unspecified atom stereocenters. The summed E-state index contributed by atoms with van der Waals surface area (Å²) in [5.41, 5.74) is 4.10. The average Bonchev–Trinajstić information content (AvgIpc) is 3.85. The van der Waals surface area contributed by atoms with Gasteiger partial charge in [-0.25, -0.2) is 4.39 Å². The molecule has 1 atom stereocenters. The van der Waals surface area contributed by atoms with E-state index in [1.165, 1.54) is 24.3 Å². The van der Waals surface area contributed by atoms with Crippen molar-refractivity contribution in [3.05, 3.63) is 76.4 Å². The van der Waals surface area contributed by atoms with E-state index in [2.05, 4.69) is 31.6 Å². The number of aromatic amines is 1. The topological polar surface area (TPSA) is 222 Å². The second-order valence-electron chi connectivity index (χ2n) is 16.2. The maximum atomic E-state index is 13.9. The highest BCUT2D eigenvalue weighted by molar-refractivity contribution is 6.35. The minimum absolute atomic E-state index is 0.0408. The van der Waals surface area contributed by atoms with Gasteiger partial charge in [-0.15, -0.1) is 0 Å². The van der Waals surface area contributed by atoms with E-state index in [9.17, 15) is 42.7 Å². The van der Waals surface area contributed by atoms with Crippen LogP contribution in [0.2, 0.25) is 0 Å². The third-order valence-electron chi connectivity index (χ3n) is 11.9. The Morgan fingerprint density at radius 1 is 0.825 bits per heavy atom. The minimum atomic E-state index is -1.05. The van der Waals surface area contributed by atoms with Gasteiger partial charge in [-0.3, -0.25) is 53.5 Å². The quantitative estimate of drug-likeness (QED) is 0.0617. The molecule has 3 aromatic rings. The summed E-state index contributed by atoms with van der Waals surface area (Å²) in [7, 11) is 0. The van der Waals surface area contributed by atoms with Gasteiger partial charge >= 0.3 is 0 Å². The molecule has 63 heavy (non-hydrogen) atoms. The first-order valence-corrected chi connectivity index (χ1v) is 21.5. The standard InChI is InChI=1S/C45H52FN9O8/c1-27-34(24-31-30-23-28(46)13-14-32(30)51-42(31)60)49-25-35(27)50-39(58)26-53-19-21-54(22-20-53)40(59)12-7-5-3-2-4-6-11-37(56)48-18-17-47-33-10-8-9-29-41(33)45(63)55(44(29)62)36-15-16-38(57)52-43(36)61/h8-10,13-14,23-25,36,47,49H,2-7,11-12,15-22,26H2,1H3,(H,48,56)(H,50,58)(H,51,60)(H,52,57,61)/b31-24-. The smallest absolute Gasteiger partial charge is 0.264 e. The zero-order valence-corrected chi connectivity index (χ0v) is 35.2. The molecule has 4 aliphatic rings. The Hall–Kier alpha value is -6.69. The van der Waals surface area contributed by atoms with E-state index in [1.807, 2.05) is 16.7 Å². The molecular formula is C45H52FN9O8. The van der Waals surface area contributed by atoms with Crippen molar-refractivity contribution >= 4 is 76.0 Å². The number of piperazine rings is 1. The monoisotopic (exact) mass is 865 g/mol. The lowest BCUT2D eigenvalue weighted by Gasteiger charge is -2.34. The van der Waals surface area contributed by atoms with E-state index >= 15 is 0 Å². The summed E-state index contributed by atoms with van der Waals surface area (Å²) in [6.45, 7) is 4.90. The first kappa shape index (κ1) is 44.4. The van der Waals surface area contributed by atoms with Gasteiger partial charge in [-0.05, 0) is 68.2 Å². The molecule has 332 valence electrons. The van der Waals surface area contributed by atoms with Crippen molar-refractivity contribution in [1.29, 1.82) is 0 Å². The van der Waals surface area contributed by atoms with Crippen LogP contribution in [0.25, 0.3) is 11.6 Å². The van der Waals surface area contributed by atoms with Gasteiger partial charge in [-0.1, -0.05) is 31.7 Å². The van der Waals surface area contributed by atoms with Crippen LogP contribution in [0, 0.1) is 12.7 Å². The number of nitrogens with zero attached hydrogens (tertiary/aromatic N) is 3. The number of unbranched alkanes of at least 4 members (excludes halogenated alkanes) is 5. The predicted molar refractivity (Wildman–Crippen MR) is 232 cm³/mol. The highest BCUT2D eigenvalue weighted by Gasteiger charge is 2.45. The number of nitrogens with one attached hydrogen (secondary N) is 6. The fourth-order valence-corrected chi connectivity index (χ4v) is 8.36. The highest BCUT2D eigenvalue weighted by Crippen LogP contribution is 2.35. The SMILES string of the molecule is Cc1c(NC(=O)CN2CCN(C(=O)CCCCCCCCC(=O)NCCNc3cccc4c3C(=O)N(C3CCC(=O)NC3=O)C4=O)CC2)c[nH]c1/C=C1\C(=O)Nc2ccc(F)cc21. The van der Waals surface area contributed by atoms with E-state index in [1.54, 1.807) is 24.4 Å². The molecule has 2 saturated heterocycles. The highest BCUT2D eigenvalue weighted by atomic mass is 19.1. The van der Waals surface area contributed by atoms with E-state index in [0.29, 0.717) is 86.0 Å². The van der Waals surface area contributed by atoms with Crippen molar-refractivity contribution < 1.29 is 42.7 Å². The Kier molecular flexibility index (Phi) is 14.1. The van der Waals surface area contributed by atoms with E-state index < -0.39 is 35.5 Å². The summed E-state index contributed by atoms with van der Waals surface area (Å²) < 4.78 is 13.9. The van der Waals surface area contributed by atoms with Crippen LogP contribution >= 0.6 is 0 Å². The van der Waals surface area contributed by atoms with Gasteiger partial charge in [0, 0.05) is 87.4 Å². The van der Waals surface area contributed by atoms with Crippen LogP contribution in [-0.2, 0) is 28.8 Å². The molecule has 2 aromatic carbocycles. The van der Waals surface area contributed by atoms with Gasteiger partial charge in [0.25, 0.3) is 17.7 Å². The summed E-state index contributed by atoms with van der Waals surface area (Å²) in [4.78, 5) is 109. The number of halogens is 1. The molecule has 0 spiro atoms. The molecule has 2 fully saturated rings. The molecular weight excluding hydrogens is 814 g/mol. The number of benzene rings is 2. The summed E-state index contributed by atoms with van der Waals surface area (Å²) in [5.74, 6) is -3.21. The number of carbonyl (C=O) groups excluding carboxylic acids is 8. The number of fused-ring (bicyclic) bond motifs is 2. The zero-order valence-electron chi connectivity index (χ0n) is 35.2. The lowest BCUT2D eigenvalue weighted by atomic mass is 10.0. The molecule has 5 heterocycles. The van der Waals surface area contributed by atoms with Crippen molar-refractivity contribution in [2.45, 2.75) is 77.2 Å². The van der Waals surface area contributed by atoms with Crippen LogP contribution in [0.4, 0.5) is 21.5 Å². The van der Waals surface area contributed by atoms with Crippen LogP contribution in [-0.4, -0.2) is 119 Å². The van der Waals surface area contributed by atoms with Crippen LogP contribution < -0.4 is 26.6 Å². The molecule has 1 aromatic heterocycles. The molecule has 6 N–H and O–H groups in total. The number of rotatable bonds is 18. The van der Waals surface area contributed by atoms with Crippen LogP contribution in [0.5, 0.6) is 0 Å². The molecule has 0 radical (unpaired) electrons. The van der Waals surface area contributed by atoms with E-state index in [-0.39, 0.29) is 54.1 Å². The number of hydrogen-bond donors (Lipinski definition) is 6. The molecule has 0 aliphatic carbocycles. The molecule has 7 rings (SSSR count). The van der Waals surface area contributed by atoms with Crippen molar-refractivity contribution in [2.75, 3.05) is 61.8 Å². The third-order valence-corrected chi connectivity index (χ3v) is 11.9. The molecule has 8 amide bonds. The van der Waals surface area contributed by atoms with Gasteiger partial charge in [0.05, 0.1) is 28.9 Å². The summed E-state index contributed by atoms with van der Waals surface area (Å²) in [6.07, 6.45) is 9.55. The van der Waals surface area contributed by atoms with Crippen molar-refractivity contribution in [2.24, 2.45) is 0 Å². The average molecular weight is 866 g/mol. The summed E-state index contributed by atoms with van der Waals surface area (Å²) in [6, 6.07) is 7.92. The number of H-pyrrole nitrogens is 1. The van der Waals surface area contributed by atoms with Crippen molar-refractivity contribution in [1.82, 2.24) is 30.3 Å². The normalized spacial score (nSPS) is 18.0. The van der Waals surface area contributed by atoms with Gasteiger partial charge in [0.15, 0.2) is 0 Å². The molecule has 4 aliphatic heterocycles. The lowest BCUT2D eigenvalue weighted by molar-refractivity contribution is -0.136. The number of amides is 8. The van der Waals surface area contributed by atoms with Crippen molar-refractivity contribution in [3.8, 4) is 0 Å². The second-order valence-corrected chi connectivity index (χ2v) is 16.2. The predicted octanol–water partition coefficient (Wildman–Crippen LogP) is 3.79. The van der Waals surface area contributed by atoms with Gasteiger partial charge in [0.1, 0.15) is 11.9 Å². The maximum Gasteiger partial charge on any atom is 0.264 e. The van der Waals surface area contributed by atoms with Gasteiger partial charge < -0.3 is 31.2 Å². The van der Waals surface area contributed by atoms with Gasteiger partial charge in [-0.2, -0.15) is 0 Å². The summed E-state index contributed by atoms with van der Waals surface area (Å²) >= 11 is 0. The number of carbonyl (C=O) groups is 8. The van der Waals surface area contributed by atoms with Crippen LogP contribution in [0.15, 0.2) is 42.6 Å². The number of hydrogen-bond acceptors (Lipinski definition) is 10. The molecule has 17 nitrogen and oxygen atoms in total. The number of aromatic nitrogens is 1. The van der Waals surface area contributed by atoms with Crippen molar-refractivity contribution in [3.63, 3.8) is 0 Å². The first-order chi connectivity index (χ1) is 30.4. The van der Waals surface area contributed by atoms with Gasteiger partial charge in [0.2, 0.25) is 29.5 Å².